The molecule has 16 heavy (non-hydrogen) atoms. The van der Waals surface area contributed by atoms with Crippen molar-refractivity contribution in [1.29, 1.82) is 0 Å². The normalized spacial score (nSPS) is 10.8. The van der Waals surface area contributed by atoms with Gasteiger partial charge < -0.3 is 5.43 Å². The van der Waals surface area contributed by atoms with Gasteiger partial charge in [0.1, 0.15) is 10.8 Å². The maximum atomic E-state index is 5.36. The summed E-state index contributed by atoms with van der Waals surface area (Å²) in [7, 11) is 0. The quantitative estimate of drug-likeness (QED) is 0.269. The van der Waals surface area contributed by atoms with Gasteiger partial charge in [0.15, 0.2) is 5.16 Å². The van der Waals surface area contributed by atoms with Crippen molar-refractivity contribution in [2.75, 3.05) is 17.4 Å². The van der Waals surface area contributed by atoms with Gasteiger partial charge in [-0.05, 0) is 24.3 Å². The number of thioether (sulfide) groups is 2. The zero-order valence-electron chi connectivity index (χ0n) is 9.86. The van der Waals surface area contributed by atoms with Crippen molar-refractivity contribution in [2.24, 2.45) is 11.8 Å². The first-order valence-corrected chi connectivity index (χ1v) is 7.39. The molecule has 0 aliphatic carbocycles. The van der Waals surface area contributed by atoms with Crippen LogP contribution < -0.4 is 11.3 Å². The van der Waals surface area contributed by atoms with E-state index in [0.29, 0.717) is 5.82 Å². The van der Waals surface area contributed by atoms with E-state index in [-0.39, 0.29) is 0 Å². The highest BCUT2D eigenvalue weighted by Crippen LogP contribution is 2.23. The Hall–Kier alpha value is -0.460. The second-order valence-corrected chi connectivity index (χ2v) is 5.64. The first kappa shape index (κ1) is 13.6. The van der Waals surface area contributed by atoms with Crippen molar-refractivity contribution in [3.63, 3.8) is 0 Å². The molecule has 0 aliphatic rings. The van der Waals surface area contributed by atoms with Gasteiger partial charge in [0.25, 0.3) is 0 Å². The van der Waals surface area contributed by atoms with Gasteiger partial charge in [-0.3, -0.25) is 0 Å². The summed E-state index contributed by atoms with van der Waals surface area (Å²) in [6, 6.07) is 1.88. The molecule has 3 N–H and O–H groups in total. The summed E-state index contributed by atoms with van der Waals surface area (Å²) in [5, 5.41) is 1.73. The maximum absolute atomic E-state index is 5.36. The lowest BCUT2D eigenvalue weighted by molar-refractivity contribution is 0.631. The Kier molecular flexibility index (Phi) is 5.94. The number of nitrogens with two attached hydrogens (primary N) is 1. The van der Waals surface area contributed by atoms with E-state index >= 15 is 0 Å². The van der Waals surface area contributed by atoms with Crippen LogP contribution in [0.4, 0.5) is 5.82 Å². The lowest BCUT2D eigenvalue weighted by atomic mass is 10.2. The van der Waals surface area contributed by atoms with Crippen LogP contribution in [0.2, 0.25) is 0 Å². The van der Waals surface area contributed by atoms with E-state index in [0.717, 1.165) is 21.9 Å². The van der Waals surface area contributed by atoms with Crippen molar-refractivity contribution in [1.82, 2.24) is 9.97 Å². The van der Waals surface area contributed by atoms with Gasteiger partial charge in [0.2, 0.25) is 0 Å². The van der Waals surface area contributed by atoms with Gasteiger partial charge >= 0.3 is 0 Å². The van der Waals surface area contributed by atoms with Crippen LogP contribution in [0.1, 0.15) is 20.3 Å². The molecule has 0 saturated heterocycles. The zero-order chi connectivity index (χ0) is 12.0. The molecule has 0 saturated carbocycles. The summed E-state index contributed by atoms with van der Waals surface area (Å²) in [5.74, 6) is 7.83. The van der Waals surface area contributed by atoms with Crippen LogP contribution in [0.3, 0.4) is 0 Å². The van der Waals surface area contributed by atoms with E-state index in [1.807, 2.05) is 12.3 Å². The van der Waals surface area contributed by atoms with Crippen molar-refractivity contribution in [3.8, 4) is 0 Å². The molecule has 90 valence electrons. The van der Waals surface area contributed by atoms with Crippen LogP contribution in [-0.4, -0.2) is 22.0 Å². The monoisotopic (exact) mass is 258 g/mol. The largest absolute Gasteiger partial charge is 0.308 e. The molecule has 0 fully saturated rings. The number of aromatic nitrogens is 2. The molecule has 4 nitrogen and oxygen atoms in total. The summed E-state index contributed by atoms with van der Waals surface area (Å²) in [6.45, 7) is 4.45. The predicted octanol–water partition coefficient (Wildman–Crippen LogP) is 2.62. The fourth-order valence-electron chi connectivity index (χ4n) is 1.04. The van der Waals surface area contributed by atoms with Crippen LogP contribution in [0, 0.1) is 5.92 Å². The lowest BCUT2D eigenvalue weighted by Gasteiger charge is -2.07. The van der Waals surface area contributed by atoms with Gasteiger partial charge in [0, 0.05) is 6.07 Å². The van der Waals surface area contributed by atoms with Crippen molar-refractivity contribution < 1.29 is 0 Å². The van der Waals surface area contributed by atoms with Gasteiger partial charge in [-0.2, -0.15) is 0 Å². The standard InChI is InChI=1S/C10H18N4S2/c1-7(2)4-5-16-9-6-8(14-11)12-10(13-9)15-3/h6-7H,4-5,11H2,1-3H3,(H,12,13,14). The van der Waals surface area contributed by atoms with Crippen LogP contribution in [0.25, 0.3) is 0 Å². The Morgan fingerprint density at radius 1 is 1.44 bits per heavy atom. The number of nitrogen functional groups attached to an aromatic ring is 1. The minimum absolute atomic E-state index is 0.673. The summed E-state index contributed by atoms with van der Waals surface area (Å²) in [5.41, 5.74) is 2.56. The number of hydrazine groups is 1. The van der Waals surface area contributed by atoms with Gasteiger partial charge in [-0.1, -0.05) is 25.6 Å². The van der Waals surface area contributed by atoms with Gasteiger partial charge in [-0.25, -0.2) is 15.8 Å². The smallest absolute Gasteiger partial charge is 0.190 e. The average molecular weight is 258 g/mol. The fourth-order valence-corrected chi connectivity index (χ4v) is 2.62. The molecule has 0 unspecified atom stereocenters. The van der Waals surface area contributed by atoms with E-state index in [1.54, 1.807) is 11.8 Å². The van der Waals surface area contributed by atoms with E-state index in [9.17, 15) is 0 Å². The van der Waals surface area contributed by atoms with Crippen molar-refractivity contribution >= 4 is 29.3 Å². The maximum Gasteiger partial charge on any atom is 0.190 e. The molecule has 0 spiro atoms. The second kappa shape index (κ2) is 6.98. The third-order valence-corrected chi connectivity index (χ3v) is 3.45. The van der Waals surface area contributed by atoms with Crippen LogP contribution in [0.15, 0.2) is 16.2 Å². The topological polar surface area (TPSA) is 63.8 Å². The molecule has 1 heterocycles. The van der Waals surface area contributed by atoms with Crippen LogP contribution in [0.5, 0.6) is 0 Å². The second-order valence-electron chi connectivity index (χ2n) is 3.75. The third-order valence-electron chi connectivity index (χ3n) is 1.96. The number of nitrogens with zero attached hydrogens (tertiary/aromatic N) is 2. The molecule has 0 aromatic carbocycles. The van der Waals surface area contributed by atoms with E-state index < -0.39 is 0 Å². The van der Waals surface area contributed by atoms with Crippen LogP contribution >= 0.6 is 23.5 Å². The molecular formula is C10H18N4S2. The average Bonchev–Trinajstić information content (AvgIpc) is 2.28. The number of hydrogen-bond acceptors (Lipinski definition) is 6. The highest BCUT2D eigenvalue weighted by atomic mass is 32.2. The minimum Gasteiger partial charge on any atom is -0.308 e. The third kappa shape index (κ3) is 4.59. The summed E-state index contributed by atoms with van der Waals surface area (Å²) in [6.07, 6.45) is 3.15. The molecule has 1 aromatic rings. The summed E-state index contributed by atoms with van der Waals surface area (Å²) in [4.78, 5) is 8.63. The Balaban J connectivity index is 2.64. The van der Waals surface area contributed by atoms with Crippen molar-refractivity contribution in [2.45, 2.75) is 30.5 Å². The molecule has 1 aromatic heterocycles. The number of anilines is 1. The van der Waals surface area contributed by atoms with E-state index in [2.05, 4.69) is 29.2 Å². The summed E-state index contributed by atoms with van der Waals surface area (Å²) < 4.78 is 0. The molecule has 0 amide bonds. The van der Waals surface area contributed by atoms with Gasteiger partial charge in [-0.15, -0.1) is 11.8 Å². The molecule has 0 radical (unpaired) electrons. The Morgan fingerprint density at radius 2 is 2.19 bits per heavy atom. The molecule has 0 atom stereocenters. The predicted molar refractivity (Wildman–Crippen MR) is 71.8 cm³/mol. The number of hydrogen-bond donors (Lipinski definition) is 2. The number of rotatable bonds is 6. The molecule has 6 heteroatoms. The van der Waals surface area contributed by atoms with Gasteiger partial charge in [0.05, 0.1) is 0 Å². The minimum atomic E-state index is 0.673. The Labute approximate surface area is 105 Å². The van der Waals surface area contributed by atoms with Crippen LogP contribution in [-0.2, 0) is 0 Å². The summed E-state index contributed by atoms with van der Waals surface area (Å²) >= 11 is 3.27. The fraction of sp³-hybridized carbons (Fsp3) is 0.600. The van der Waals surface area contributed by atoms with E-state index in [1.165, 1.54) is 18.2 Å². The highest BCUT2D eigenvalue weighted by Gasteiger charge is 2.04. The number of nitrogens with one attached hydrogen (secondary N) is 1. The molecule has 0 aliphatic heterocycles. The molecular weight excluding hydrogens is 240 g/mol. The zero-order valence-corrected chi connectivity index (χ0v) is 11.5. The first-order chi connectivity index (χ1) is 7.65. The van der Waals surface area contributed by atoms with E-state index in [4.69, 9.17) is 5.84 Å². The lowest BCUT2D eigenvalue weighted by Crippen LogP contribution is -2.09. The SMILES string of the molecule is CSc1nc(NN)cc(SCCC(C)C)n1. The Bertz CT molecular complexity index is 308. The molecule has 1 rings (SSSR count). The Morgan fingerprint density at radius 3 is 2.75 bits per heavy atom. The highest BCUT2D eigenvalue weighted by molar-refractivity contribution is 7.99. The first-order valence-electron chi connectivity index (χ1n) is 5.18. The van der Waals surface area contributed by atoms with Crippen molar-refractivity contribution in [3.05, 3.63) is 6.07 Å². The molecule has 0 bridgehead atoms.